The molecule has 4 heteroatoms. The van der Waals surface area contributed by atoms with E-state index >= 15 is 0 Å². The first-order chi connectivity index (χ1) is 12.2. The fourth-order valence-corrected chi connectivity index (χ4v) is 3.90. The zero-order valence-corrected chi connectivity index (χ0v) is 14.6. The van der Waals surface area contributed by atoms with Gasteiger partial charge in [-0.25, -0.2) is 0 Å². The molecule has 2 aromatic carbocycles. The molecular formula is C21H23NO3. The summed E-state index contributed by atoms with van der Waals surface area (Å²) in [7, 11) is 3.25. The minimum atomic E-state index is -0.579. The van der Waals surface area contributed by atoms with Crippen LogP contribution in [0.4, 0.5) is 0 Å². The molecule has 0 bridgehead atoms. The molecule has 0 amide bonds. The number of aliphatic hydroxyl groups excluding tert-OH is 1. The van der Waals surface area contributed by atoms with E-state index in [0.717, 1.165) is 30.6 Å². The van der Waals surface area contributed by atoms with E-state index in [1.165, 1.54) is 11.1 Å². The van der Waals surface area contributed by atoms with Crippen molar-refractivity contribution < 1.29 is 14.6 Å². The van der Waals surface area contributed by atoms with E-state index in [1.54, 1.807) is 14.2 Å². The first-order valence-electron chi connectivity index (χ1n) is 8.64. The number of rotatable bonds is 3. The molecule has 0 unspecified atom stereocenters. The van der Waals surface area contributed by atoms with E-state index < -0.39 is 6.10 Å². The Balaban J connectivity index is 1.63. The molecule has 0 spiro atoms. The summed E-state index contributed by atoms with van der Waals surface area (Å²) in [6.45, 7) is 1.82. The molecular weight excluding hydrogens is 314 g/mol. The van der Waals surface area contributed by atoms with Crippen molar-refractivity contribution in [2.75, 3.05) is 20.8 Å². The van der Waals surface area contributed by atoms with Crippen LogP contribution in [0.3, 0.4) is 0 Å². The second-order valence-electron chi connectivity index (χ2n) is 6.62. The molecule has 1 aliphatic heterocycles. The Morgan fingerprint density at radius 3 is 2.52 bits per heavy atom. The van der Waals surface area contributed by atoms with Gasteiger partial charge in [-0.05, 0) is 40.8 Å². The van der Waals surface area contributed by atoms with E-state index in [2.05, 4.69) is 41.3 Å². The molecule has 1 aliphatic carbocycles. The zero-order valence-electron chi connectivity index (χ0n) is 14.6. The average molecular weight is 337 g/mol. The highest BCUT2D eigenvalue weighted by atomic mass is 16.5. The maximum absolute atomic E-state index is 11.0. The third kappa shape index (κ3) is 2.81. The van der Waals surface area contributed by atoms with Gasteiger partial charge in [0.2, 0.25) is 0 Å². The van der Waals surface area contributed by atoms with Crippen LogP contribution >= 0.6 is 0 Å². The molecule has 4 rings (SSSR count). The molecule has 0 radical (unpaired) electrons. The minimum Gasteiger partial charge on any atom is -0.493 e. The number of methoxy groups -OCH3 is 2. The van der Waals surface area contributed by atoms with Crippen LogP contribution in [0.1, 0.15) is 28.4 Å². The van der Waals surface area contributed by atoms with Gasteiger partial charge >= 0.3 is 0 Å². The van der Waals surface area contributed by atoms with Gasteiger partial charge in [0.15, 0.2) is 11.5 Å². The van der Waals surface area contributed by atoms with Crippen LogP contribution in [0, 0.1) is 0 Å². The highest BCUT2D eigenvalue weighted by molar-refractivity contribution is 5.64. The summed E-state index contributed by atoms with van der Waals surface area (Å²) in [5, 5.41) is 11.0. The van der Waals surface area contributed by atoms with Crippen molar-refractivity contribution in [1.82, 2.24) is 4.90 Å². The maximum Gasteiger partial charge on any atom is 0.161 e. The normalized spacial score (nSPS) is 22.2. The van der Waals surface area contributed by atoms with Crippen LogP contribution < -0.4 is 9.47 Å². The molecule has 0 fully saturated rings. The lowest BCUT2D eigenvalue weighted by molar-refractivity contribution is 0.0640. The molecule has 1 N–H and O–H groups in total. The number of aliphatic hydroxyl groups is 1. The molecule has 130 valence electrons. The van der Waals surface area contributed by atoms with Gasteiger partial charge in [-0.2, -0.15) is 0 Å². The van der Waals surface area contributed by atoms with E-state index in [0.29, 0.717) is 11.5 Å². The highest BCUT2D eigenvalue weighted by Crippen LogP contribution is 2.39. The number of benzene rings is 2. The van der Waals surface area contributed by atoms with E-state index in [-0.39, 0.29) is 6.04 Å². The van der Waals surface area contributed by atoms with Crippen LogP contribution in [-0.2, 0) is 13.0 Å². The smallest absolute Gasteiger partial charge is 0.161 e. The summed E-state index contributed by atoms with van der Waals surface area (Å²) in [5.41, 5.74) is 4.65. The van der Waals surface area contributed by atoms with Gasteiger partial charge in [-0.15, -0.1) is 0 Å². The number of hydrogen-bond acceptors (Lipinski definition) is 4. The number of ether oxygens (including phenoxy) is 2. The van der Waals surface area contributed by atoms with Crippen LogP contribution in [0.2, 0.25) is 0 Å². The predicted octanol–water partition coefficient (Wildman–Crippen LogP) is 3.19. The van der Waals surface area contributed by atoms with Gasteiger partial charge in [-0.3, -0.25) is 4.90 Å². The predicted molar refractivity (Wildman–Crippen MR) is 97.9 cm³/mol. The number of fused-ring (bicyclic) bond motifs is 2. The van der Waals surface area contributed by atoms with E-state index in [4.69, 9.17) is 9.47 Å². The summed E-state index contributed by atoms with van der Waals surface area (Å²) < 4.78 is 10.8. The van der Waals surface area contributed by atoms with Crippen LogP contribution in [0.15, 0.2) is 42.5 Å². The Morgan fingerprint density at radius 2 is 1.76 bits per heavy atom. The molecule has 2 atom stereocenters. The fourth-order valence-electron chi connectivity index (χ4n) is 3.90. The summed E-state index contributed by atoms with van der Waals surface area (Å²) >= 11 is 0. The van der Waals surface area contributed by atoms with Crippen molar-refractivity contribution in [3.63, 3.8) is 0 Å². The Morgan fingerprint density at radius 1 is 1.04 bits per heavy atom. The van der Waals surface area contributed by atoms with Gasteiger partial charge in [-0.1, -0.05) is 36.4 Å². The molecule has 4 nitrogen and oxygen atoms in total. The molecule has 1 heterocycles. The van der Waals surface area contributed by atoms with Gasteiger partial charge in [0, 0.05) is 13.1 Å². The Hall–Kier alpha value is -2.30. The van der Waals surface area contributed by atoms with Crippen molar-refractivity contribution in [3.05, 3.63) is 64.7 Å². The van der Waals surface area contributed by atoms with Crippen LogP contribution in [-0.4, -0.2) is 36.8 Å². The molecule has 2 aromatic rings. The zero-order chi connectivity index (χ0) is 17.4. The maximum atomic E-state index is 11.0. The van der Waals surface area contributed by atoms with E-state index in [9.17, 15) is 5.11 Å². The van der Waals surface area contributed by atoms with Gasteiger partial charge in [0.05, 0.1) is 26.4 Å². The first-order valence-corrected chi connectivity index (χ1v) is 8.64. The summed E-state index contributed by atoms with van der Waals surface area (Å²) in [5.74, 6) is 1.33. The lowest BCUT2D eigenvalue weighted by atomic mass is 9.88. The quantitative estimate of drug-likeness (QED) is 0.934. The van der Waals surface area contributed by atoms with Crippen molar-refractivity contribution in [3.8, 4) is 11.5 Å². The molecule has 0 saturated carbocycles. The molecule has 0 saturated heterocycles. The third-order valence-corrected chi connectivity index (χ3v) is 5.29. The van der Waals surface area contributed by atoms with Crippen LogP contribution in [0.5, 0.6) is 11.5 Å². The van der Waals surface area contributed by atoms with Crippen molar-refractivity contribution in [2.45, 2.75) is 25.1 Å². The summed E-state index contributed by atoms with van der Waals surface area (Å²) in [6, 6.07) is 12.4. The first kappa shape index (κ1) is 16.2. The molecule has 2 aliphatic rings. The summed E-state index contributed by atoms with van der Waals surface area (Å²) in [6.07, 6.45) is 4.62. The van der Waals surface area contributed by atoms with Crippen molar-refractivity contribution in [2.24, 2.45) is 0 Å². The van der Waals surface area contributed by atoms with Crippen molar-refractivity contribution in [1.29, 1.82) is 0 Å². The summed E-state index contributed by atoms with van der Waals surface area (Å²) in [4.78, 5) is 2.35. The second kappa shape index (κ2) is 6.54. The third-order valence-electron chi connectivity index (χ3n) is 5.29. The SMILES string of the molecule is COc1cc2c(cc1OC)[C@@H](O)[C@H](N1CCc3ccccc3C1)C=C2. The Kier molecular flexibility index (Phi) is 4.24. The lowest BCUT2D eigenvalue weighted by Crippen LogP contribution is -2.42. The Labute approximate surface area is 148 Å². The average Bonchev–Trinajstić information content (AvgIpc) is 2.67. The van der Waals surface area contributed by atoms with E-state index in [1.807, 2.05) is 12.1 Å². The second-order valence-corrected chi connectivity index (χ2v) is 6.62. The monoisotopic (exact) mass is 337 g/mol. The Bertz CT molecular complexity index is 815. The standard InChI is InChI=1S/C21H23NO3/c1-24-19-11-15-7-8-18(21(23)17(15)12-20(19)25-2)22-10-9-14-5-3-4-6-16(14)13-22/h3-8,11-12,18,21,23H,9-10,13H2,1-2H3/t18-,21-/m1/s1. The van der Waals surface area contributed by atoms with Gasteiger partial charge in [0.25, 0.3) is 0 Å². The number of hydrogen-bond donors (Lipinski definition) is 1. The topological polar surface area (TPSA) is 41.9 Å². The molecule has 25 heavy (non-hydrogen) atoms. The van der Waals surface area contributed by atoms with Crippen LogP contribution in [0.25, 0.3) is 6.08 Å². The van der Waals surface area contributed by atoms with Gasteiger partial charge in [0.1, 0.15) is 0 Å². The lowest BCUT2D eigenvalue weighted by Gasteiger charge is -2.38. The highest BCUT2D eigenvalue weighted by Gasteiger charge is 2.32. The minimum absolute atomic E-state index is 0.0287. The fraction of sp³-hybridized carbons (Fsp3) is 0.333. The van der Waals surface area contributed by atoms with Gasteiger partial charge < -0.3 is 14.6 Å². The van der Waals surface area contributed by atoms with Crippen molar-refractivity contribution >= 4 is 6.08 Å². The number of nitrogens with zero attached hydrogens (tertiary/aromatic N) is 1. The largest absolute Gasteiger partial charge is 0.493 e. The molecule has 0 aromatic heterocycles.